The fourth-order valence-electron chi connectivity index (χ4n) is 1.92. The van der Waals surface area contributed by atoms with Gasteiger partial charge in [0.1, 0.15) is 0 Å². The van der Waals surface area contributed by atoms with E-state index >= 15 is 0 Å². The van der Waals surface area contributed by atoms with E-state index < -0.39 is 5.54 Å². The van der Waals surface area contributed by atoms with Crippen LogP contribution in [0.1, 0.15) is 27.7 Å². The molecule has 1 aliphatic heterocycles. The summed E-state index contributed by atoms with van der Waals surface area (Å²) in [6.07, 6.45) is 0. The van der Waals surface area contributed by atoms with Crippen LogP contribution in [0.15, 0.2) is 0 Å². The third-order valence-corrected chi connectivity index (χ3v) is 3.82. The maximum absolute atomic E-state index is 12.2. The van der Waals surface area contributed by atoms with Crippen molar-refractivity contribution in [3.05, 3.63) is 0 Å². The molecule has 0 aliphatic carbocycles. The van der Waals surface area contributed by atoms with Gasteiger partial charge in [0, 0.05) is 24.1 Å². The predicted molar refractivity (Wildman–Crippen MR) is 66.3 cm³/mol. The molecule has 1 atom stereocenters. The molecule has 0 aromatic carbocycles. The second kappa shape index (κ2) is 5.21. The fraction of sp³-hybridized carbons (Fsp3) is 0.909. The lowest BCUT2D eigenvalue weighted by Gasteiger charge is -2.36. The Hall–Kier alpha value is -0.220. The van der Waals surface area contributed by atoms with Crippen molar-refractivity contribution in [1.82, 2.24) is 10.2 Å². The normalized spacial score (nSPS) is 22.9. The van der Waals surface area contributed by atoms with Crippen LogP contribution in [0, 0.1) is 0 Å². The molecule has 4 heteroatoms. The van der Waals surface area contributed by atoms with Gasteiger partial charge in [-0.05, 0) is 20.4 Å². The van der Waals surface area contributed by atoms with Crippen LogP contribution in [0.25, 0.3) is 0 Å². The van der Waals surface area contributed by atoms with Crippen molar-refractivity contribution in [3.8, 4) is 0 Å². The zero-order valence-electron chi connectivity index (χ0n) is 10.2. The molecule has 88 valence electrons. The van der Waals surface area contributed by atoms with Gasteiger partial charge >= 0.3 is 0 Å². The van der Waals surface area contributed by atoms with Gasteiger partial charge in [0.15, 0.2) is 0 Å². The van der Waals surface area contributed by atoms with Crippen LogP contribution >= 0.6 is 11.8 Å². The molecule has 0 saturated carbocycles. The summed E-state index contributed by atoms with van der Waals surface area (Å²) in [5, 5.41) is 3.81. The van der Waals surface area contributed by atoms with Gasteiger partial charge < -0.3 is 10.2 Å². The first-order valence-electron chi connectivity index (χ1n) is 5.63. The zero-order chi connectivity index (χ0) is 11.5. The Balaban J connectivity index is 2.58. The van der Waals surface area contributed by atoms with Crippen LogP contribution in [0.5, 0.6) is 0 Å². The molecule has 1 rings (SSSR count). The van der Waals surface area contributed by atoms with Crippen molar-refractivity contribution in [2.24, 2.45) is 0 Å². The number of hydrogen-bond donors (Lipinski definition) is 1. The molecular formula is C11H22N2OS. The van der Waals surface area contributed by atoms with Gasteiger partial charge in [-0.2, -0.15) is 11.8 Å². The van der Waals surface area contributed by atoms with Gasteiger partial charge in [-0.15, -0.1) is 0 Å². The molecule has 0 radical (unpaired) electrons. The number of nitrogens with zero attached hydrogens (tertiary/aromatic N) is 1. The van der Waals surface area contributed by atoms with Gasteiger partial charge in [-0.1, -0.05) is 13.8 Å². The first kappa shape index (κ1) is 12.8. The summed E-state index contributed by atoms with van der Waals surface area (Å²) < 4.78 is 0. The van der Waals surface area contributed by atoms with Crippen LogP contribution in [-0.2, 0) is 4.79 Å². The summed E-state index contributed by atoms with van der Waals surface area (Å²) >= 11 is 1.95. The van der Waals surface area contributed by atoms with E-state index in [9.17, 15) is 4.79 Å². The van der Waals surface area contributed by atoms with Crippen molar-refractivity contribution < 1.29 is 4.79 Å². The molecule has 1 saturated heterocycles. The van der Waals surface area contributed by atoms with Crippen LogP contribution in [0.4, 0.5) is 0 Å². The highest BCUT2D eigenvalue weighted by molar-refractivity contribution is 7.99. The number of hydrogen-bond acceptors (Lipinski definition) is 3. The van der Waals surface area contributed by atoms with E-state index in [1.165, 1.54) is 0 Å². The molecule has 0 bridgehead atoms. The number of carbonyl (C=O) groups excluding carboxylic acids is 1. The first-order valence-corrected chi connectivity index (χ1v) is 6.68. The van der Waals surface area contributed by atoms with Gasteiger partial charge in [0.05, 0.1) is 5.54 Å². The maximum Gasteiger partial charge on any atom is 0.242 e. The molecular weight excluding hydrogens is 208 g/mol. The SMILES string of the molecule is CCNC(C)(C)C(=O)N1CCSC(C)C1. The standard InChI is InChI=1S/C11H22N2OS/c1-5-12-11(3,4)10(14)13-6-7-15-9(2)8-13/h9,12H,5-8H2,1-4H3. The lowest BCUT2D eigenvalue weighted by molar-refractivity contribution is -0.137. The second-order valence-electron chi connectivity index (χ2n) is 4.59. The molecule has 0 spiro atoms. The summed E-state index contributed by atoms with van der Waals surface area (Å²) in [5.41, 5.74) is -0.420. The Kier molecular flexibility index (Phi) is 4.46. The average molecular weight is 230 g/mol. The smallest absolute Gasteiger partial charge is 0.242 e. The molecule has 15 heavy (non-hydrogen) atoms. The lowest BCUT2D eigenvalue weighted by Crippen LogP contribution is -2.56. The zero-order valence-corrected chi connectivity index (χ0v) is 11.0. The minimum atomic E-state index is -0.420. The van der Waals surface area contributed by atoms with E-state index in [4.69, 9.17) is 0 Å². The topological polar surface area (TPSA) is 32.3 Å². The van der Waals surface area contributed by atoms with E-state index in [1.54, 1.807) is 0 Å². The van der Waals surface area contributed by atoms with Crippen molar-refractivity contribution in [1.29, 1.82) is 0 Å². The third kappa shape index (κ3) is 3.38. The minimum Gasteiger partial charge on any atom is -0.339 e. The Morgan fingerprint density at radius 2 is 2.27 bits per heavy atom. The predicted octanol–water partition coefficient (Wildman–Crippen LogP) is 1.34. The average Bonchev–Trinajstić information content (AvgIpc) is 2.16. The maximum atomic E-state index is 12.2. The fourth-order valence-corrected chi connectivity index (χ4v) is 2.93. The van der Waals surface area contributed by atoms with E-state index in [1.807, 2.05) is 37.4 Å². The molecule has 1 aliphatic rings. The molecule has 1 N–H and O–H groups in total. The summed E-state index contributed by atoms with van der Waals surface area (Å²) in [7, 11) is 0. The highest BCUT2D eigenvalue weighted by atomic mass is 32.2. The number of likely N-dealkylation sites (N-methyl/N-ethyl adjacent to an activating group) is 1. The lowest BCUT2D eigenvalue weighted by atomic mass is 10.0. The van der Waals surface area contributed by atoms with Crippen LogP contribution < -0.4 is 5.32 Å². The Morgan fingerprint density at radius 3 is 2.80 bits per heavy atom. The number of amides is 1. The summed E-state index contributed by atoms with van der Waals surface area (Å²) in [4.78, 5) is 14.2. The molecule has 3 nitrogen and oxygen atoms in total. The monoisotopic (exact) mass is 230 g/mol. The van der Waals surface area contributed by atoms with Crippen molar-refractivity contribution in [2.45, 2.75) is 38.5 Å². The van der Waals surface area contributed by atoms with E-state index in [-0.39, 0.29) is 5.91 Å². The second-order valence-corrected chi connectivity index (χ2v) is 6.13. The summed E-state index contributed by atoms with van der Waals surface area (Å²) in [6.45, 7) is 10.8. The van der Waals surface area contributed by atoms with E-state index in [0.29, 0.717) is 5.25 Å². The summed E-state index contributed by atoms with van der Waals surface area (Å²) in [6, 6.07) is 0. The molecule has 1 heterocycles. The molecule has 1 unspecified atom stereocenters. The van der Waals surface area contributed by atoms with Crippen LogP contribution in [0.2, 0.25) is 0 Å². The first-order chi connectivity index (χ1) is 6.97. The van der Waals surface area contributed by atoms with Gasteiger partial charge in [-0.25, -0.2) is 0 Å². The quantitative estimate of drug-likeness (QED) is 0.794. The molecule has 1 amide bonds. The number of thioether (sulfide) groups is 1. The Bertz CT molecular complexity index is 231. The molecule has 1 fully saturated rings. The molecule has 0 aromatic rings. The molecule has 0 aromatic heterocycles. The highest BCUT2D eigenvalue weighted by Crippen LogP contribution is 2.20. The third-order valence-electron chi connectivity index (χ3n) is 2.68. The number of carbonyl (C=O) groups is 1. The van der Waals surface area contributed by atoms with Crippen molar-refractivity contribution in [3.63, 3.8) is 0 Å². The van der Waals surface area contributed by atoms with Crippen molar-refractivity contribution in [2.75, 3.05) is 25.4 Å². The van der Waals surface area contributed by atoms with E-state index in [2.05, 4.69) is 12.2 Å². The van der Waals surface area contributed by atoms with Crippen LogP contribution in [0.3, 0.4) is 0 Å². The Labute approximate surface area is 97.0 Å². The largest absolute Gasteiger partial charge is 0.339 e. The van der Waals surface area contributed by atoms with Crippen LogP contribution in [-0.4, -0.2) is 47.0 Å². The van der Waals surface area contributed by atoms with Gasteiger partial charge in [-0.3, -0.25) is 4.79 Å². The Morgan fingerprint density at radius 1 is 1.60 bits per heavy atom. The van der Waals surface area contributed by atoms with E-state index in [0.717, 1.165) is 25.4 Å². The van der Waals surface area contributed by atoms with Gasteiger partial charge in [0.25, 0.3) is 0 Å². The number of rotatable bonds is 3. The minimum absolute atomic E-state index is 0.233. The number of nitrogens with one attached hydrogen (secondary N) is 1. The van der Waals surface area contributed by atoms with Gasteiger partial charge in [0.2, 0.25) is 5.91 Å². The highest BCUT2D eigenvalue weighted by Gasteiger charge is 2.32. The van der Waals surface area contributed by atoms with Crippen molar-refractivity contribution >= 4 is 17.7 Å². The summed E-state index contributed by atoms with van der Waals surface area (Å²) in [5.74, 6) is 1.30.